The first kappa shape index (κ1) is 23.0. The van der Waals surface area contributed by atoms with E-state index in [0.717, 1.165) is 40.0 Å². The number of carbonyl (C=O) groups is 5. The van der Waals surface area contributed by atoms with Crippen LogP contribution in [0.5, 0.6) is 0 Å². The number of thioether (sulfide) groups is 1. The molecule has 2 saturated heterocycles. The Morgan fingerprint density at radius 2 is 1.85 bits per heavy atom. The smallest absolute Gasteiger partial charge is 0.325 e. The predicted molar refractivity (Wildman–Crippen MR) is 123 cm³/mol. The fourth-order valence-corrected chi connectivity index (χ4v) is 5.18. The van der Waals surface area contributed by atoms with E-state index in [1.54, 1.807) is 6.08 Å². The van der Waals surface area contributed by atoms with E-state index < -0.39 is 35.2 Å². The first-order valence-electron chi connectivity index (χ1n) is 11.0. The van der Waals surface area contributed by atoms with Crippen LogP contribution in [0.15, 0.2) is 35.2 Å². The third-order valence-corrected chi connectivity index (χ3v) is 7.21. The number of imide groups is 2. The SMILES string of the molecule is CC1CCC2(CC1)NC(=O)N(CC(=O)NCCN1C(=O)S/C(=C/c3ccccc3)C1=O)C2=O. The van der Waals surface area contributed by atoms with Crippen molar-refractivity contribution in [2.24, 2.45) is 5.92 Å². The molecule has 3 fully saturated rings. The standard InChI is InChI=1S/C23H26N4O5S/c1-15-7-9-23(10-8-15)20(30)27(21(31)25-23)14-18(28)24-11-12-26-19(29)17(33-22(26)32)13-16-5-3-2-4-6-16/h2-6,13,15H,7-12,14H2,1H3,(H,24,28)(H,25,31)/b17-13+. The molecular formula is C23H26N4O5S. The number of hydrogen-bond acceptors (Lipinski definition) is 6. The van der Waals surface area contributed by atoms with Crippen LogP contribution in [0.2, 0.25) is 0 Å². The summed E-state index contributed by atoms with van der Waals surface area (Å²) in [6.45, 7) is 1.76. The summed E-state index contributed by atoms with van der Waals surface area (Å²) in [5.74, 6) is -0.779. The Labute approximate surface area is 195 Å². The van der Waals surface area contributed by atoms with Crippen LogP contribution in [0.25, 0.3) is 6.08 Å². The fourth-order valence-electron chi connectivity index (χ4n) is 4.31. The van der Waals surface area contributed by atoms with Gasteiger partial charge in [0.25, 0.3) is 17.1 Å². The second-order valence-electron chi connectivity index (χ2n) is 8.68. The van der Waals surface area contributed by atoms with Gasteiger partial charge in [-0.2, -0.15) is 0 Å². The fraction of sp³-hybridized carbons (Fsp3) is 0.435. The quantitative estimate of drug-likeness (QED) is 0.487. The summed E-state index contributed by atoms with van der Waals surface area (Å²) in [6.07, 6.45) is 4.51. The number of amides is 6. The Morgan fingerprint density at radius 3 is 2.55 bits per heavy atom. The van der Waals surface area contributed by atoms with Crippen LogP contribution >= 0.6 is 11.8 Å². The Kier molecular flexibility index (Phi) is 6.55. The molecule has 1 aromatic rings. The normalized spacial score (nSPS) is 26.5. The maximum Gasteiger partial charge on any atom is 0.325 e. The van der Waals surface area contributed by atoms with Gasteiger partial charge in [-0.25, -0.2) is 4.79 Å². The zero-order valence-electron chi connectivity index (χ0n) is 18.3. The third kappa shape index (κ3) is 4.80. The van der Waals surface area contributed by atoms with Crippen LogP contribution < -0.4 is 10.6 Å². The van der Waals surface area contributed by atoms with Gasteiger partial charge in [0, 0.05) is 13.1 Å². The highest BCUT2D eigenvalue weighted by molar-refractivity contribution is 8.18. The maximum atomic E-state index is 12.8. The summed E-state index contributed by atoms with van der Waals surface area (Å²) in [7, 11) is 0. The summed E-state index contributed by atoms with van der Waals surface area (Å²) in [4.78, 5) is 64.7. The summed E-state index contributed by atoms with van der Waals surface area (Å²) in [6, 6.07) is 8.66. The molecule has 0 unspecified atom stereocenters. The molecule has 2 N–H and O–H groups in total. The van der Waals surface area contributed by atoms with Crippen molar-refractivity contribution in [3.8, 4) is 0 Å². The second kappa shape index (κ2) is 9.38. The van der Waals surface area contributed by atoms with Gasteiger partial charge in [0.05, 0.1) is 4.91 Å². The molecule has 6 amide bonds. The Hall–Kier alpha value is -3.14. The largest absolute Gasteiger partial charge is 0.353 e. The molecule has 9 nitrogen and oxygen atoms in total. The summed E-state index contributed by atoms with van der Waals surface area (Å²) in [5.41, 5.74) is -0.0770. The number of rotatable bonds is 6. The Morgan fingerprint density at radius 1 is 1.15 bits per heavy atom. The van der Waals surface area contributed by atoms with Gasteiger partial charge in [-0.1, -0.05) is 37.3 Å². The number of nitrogens with zero attached hydrogens (tertiary/aromatic N) is 2. The molecule has 3 aliphatic rings. The lowest BCUT2D eigenvalue weighted by atomic mass is 9.77. The number of carbonyl (C=O) groups excluding carboxylic acids is 5. The molecule has 10 heteroatoms. The van der Waals surface area contributed by atoms with Gasteiger partial charge in [-0.15, -0.1) is 0 Å². The number of urea groups is 1. The van der Waals surface area contributed by atoms with Crippen molar-refractivity contribution in [2.75, 3.05) is 19.6 Å². The molecule has 174 valence electrons. The molecule has 1 saturated carbocycles. The molecule has 1 aromatic carbocycles. The minimum atomic E-state index is -0.892. The van der Waals surface area contributed by atoms with Crippen LogP contribution in [0.4, 0.5) is 9.59 Å². The van der Waals surface area contributed by atoms with Gasteiger partial charge in [0.1, 0.15) is 12.1 Å². The molecule has 0 radical (unpaired) electrons. The topological polar surface area (TPSA) is 116 Å². The van der Waals surface area contributed by atoms with Crippen molar-refractivity contribution in [1.82, 2.24) is 20.4 Å². The Balaban J connectivity index is 1.28. The first-order valence-corrected chi connectivity index (χ1v) is 11.8. The monoisotopic (exact) mass is 470 g/mol. The summed E-state index contributed by atoms with van der Waals surface area (Å²) < 4.78 is 0. The molecule has 1 aliphatic carbocycles. The van der Waals surface area contributed by atoms with Crippen molar-refractivity contribution in [3.05, 3.63) is 40.8 Å². The lowest BCUT2D eigenvalue weighted by Gasteiger charge is -2.33. The molecule has 0 bridgehead atoms. The highest BCUT2D eigenvalue weighted by atomic mass is 32.2. The molecule has 4 rings (SSSR count). The first-order chi connectivity index (χ1) is 15.8. The van der Waals surface area contributed by atoms with E-state index in [0.29, 0.717) is 23.7 Å². The van der Waals surface area contributed by atoms with Gasteiger partial charge >= 0.3 is 6.03 Å². The van der Waals surface area contributed by atoms with Crippen LogP contribution in [0.3, 0.4) is 0 Å². The maximum absolute atomic E-state index is 12.8. The van der Waals surface area contributed by atoms with E-state index in [9.17, 15) is 24.0 Å². The van der Waals surface area contributed by atoms with E-state index in [-0.39, 0.29) is 19.0 Å². The molecule has 1 spiro atoms. The highest BCUT2D eigenvalue weighted by Crippen LogP contribution is 2.36. The molecule has 0 aromatic heterocycles. The van der Waals surface area contributed by atoms with Crippen LogP contribution in [-0.2, 0) is 14.4 Å². The average molecular weight is 471 g/mol. The van der Waals surface area contributed by atoms with Crippen molar-refractivity contribution >= 4 is 46.8 Å². The zero-order chi connectivity index (χ0) is 23.6. The van der Waals surface area contributed by atoms with Gasteiger partial charge in [-0.3, -0.25) is 29.0 Å². The summed E-state index contributed by atoms with van der Waals surface area (Å²) >= 11 is 0.855. The van der Waals surface area contributed by atoms with E-state index in [1.807, 2.05) is 30.3 Å². The highest BCUT2D eigenvalue weighted by Gasteiger charge is 2.52. The molecule has 33 heavy (non-hydrogen) atoms. The zero-order valence-corrected chi connectivity index (χ0v) is 19.2. The van der Waals surface area contributed by atoms with Gasteiger partial charge < -0.3 is 10.6 Å². The van der Waals surface area contributed by atoms with Gasteiger partial charge in [-0.05, 0) is 55.0 Å². The van der Waals surface area contributed by atoms with Gasteiger partial charge in [0.15, 0.2) is 0 Å². The molecular weight excluding hydrogens is 444 g/mol. The van der Waals surface area contributed by atoms with Crippen molar-refractivity contribution < 1.29 is 24.0 Å². The van der Waals surface area contributed by atoms with Crippen LogP contribution in [0, 0.1) is 5.92 Å². The molecule has 2 aliphatic heterocycles. The van der Waals surface area contributed by atoms with Gasteiger partial charge in [0.2, 0.25) is 5.91 Å². The number of hydrogen-bond donors (Lipinski definition) is 2. The van der Waals surface area contributed by atoms with E-state index in [1.165, 1.54) is 0 Å². The lowest BCUT2D eigenvalue weighted by molar-refractivity contribution is -0.136. The minimum absolute atomic E-state index is 0.00447. The average Bonchev–Trinajstić information content (AvgIpc) is 3.18. The van der Waals surface area contributed by atoms with E-state index in [2.05, 4.69) is 17.6 Å². The van der Waals surface area contributed by atoms with Crippen molar-refractivity contribution in [1.29, 1.82) is 0 Å². The lowest BCUT2D eigenvalue weighted by Crippen LogP contribution is -2.50. The number of nitrogens with one attached hydrogen (secondary N) is 2. The second-order valence-corrected chi connectivity index (χ2v) is 9.67. The van der Waals surface area contributed by atoms with E-state index >= 15 is 0 Å². The van der Waals surface area contributed by atoms with Crippen LogP contribution in [0.1, 0.15) is 38.2 Å². The molecule has 2 heterocycles. The van der Waals surface area contributed by atoms with Crippen molar-refractivity contribution in [3.63, 3.8) is 0 Å². The van der Waals surface area contributed by atoms with E-state index in [4.69, 9.17) is 0 Å². The molecule has 0 atom stereocenters. The van der Waals surface area contributed by atoms with Crippen LogP contribution in [-0.4, -0.2) is 64.0 Å². The Bertz CT molecular complexity index is 1020. The number of benzene rings is 1. The summed E-state index contributed by atoms with van der Waals surface area (Å²) in [5, 5.41) is 4.97. The minimum Gasteiger partial charge on any atom is -0.353 e. The predicted octanol–water partition coefficient (Wildman–Crippen LogP) is 2.34. The van der Waals surface area contributed by atoms with Crippen molar-refractivity contribution in [2.45, 2.75) is 38.1 Å². The third-order valence-electron chi connectivity index (χ3n) is 6.30.